The fourth-order valence-corrected chi connectivity index (χ4v) is 6.66. The Morgan fingerprint density at radius 1 is 0.793 bits per heavy atom. The first-order chi connectivity index (χ1) is 14.1. The zero-order valence-electron chi connectivity index (χ0n) is 18.3. The molecule has 0 radical (unpaired) electrons. The topological polar surface area (TPSA) is 58.9 Å². The molecule has 29 heavy (non-hydrogen) atoms. The van der Waals surface area contributed by atoms with Gasteiger partial charge < -0.3 is 19.7 Å². The molecule has 1 aromatic carbocycles. The third kappa shape index (κ3) is 6.41. The Morgan fingerprint density at radius 2 is 1.34 bits per heavy atom. The van der Waals surface area contributed by atoms with Crippen LogP contribution >= 0.6 is 0 Å². The van der Waals surface area contributed by atoms with Gasteiger partial charge in [-0.1, -0.05) is 43.5 Å². The van der Waals surface area contributed by atoms with E-state index >= 15 is 0 Å². The summed E-state index contributed by atoms with van der Waals surface area (Å²) in [5, 5.41) is 21.2. The highest BCUT2D eigenvalue weighted by atomic mass is 28.1. The third-order valence-electron chi connectivity index (χ3n) is 6.85. The lowest BCUT2D eigenvalue weighted by atomic mass is 9.83. The smallest absolute Gasteiger partial charge is 0.125 e. The quantitative estimate of drug-likeness (QED) is 0.581. The van der Waals surface area contributed by atoms with Crippen molar-refractivity contribution in [1.82, 2.24) is 0 Å². The first-order valence-corrected chi connectivity index (χ1v) is 14.7. The zero-order chi connectivity index (χ0) is 20.6. The highest BCUT2D eigenvalue weighted by Gasteiger charge is 2.33. The number of rotatable bonds is 9. The predicted octanol–water partition coefficient (Wildman–Crippen LogP) is 1.99. The molecule has 4 nitrogen and oxygen atoms in total. The van der Waals surface area contributed by atoms with Gasteiger partial charge in [-0.3, -0.25) is 0 Å². The van der Waals surface area contributed by atoms with Crippen molar-refractivity contribution in [3.05, 3.63) is 29.8 Å². The van der Waals surface area contributed by atoms with Gasteiger partial charge in [0.05, 0.1) is 24.9 Å². The first kappa shape index (κ1) is 23.0. The second-order valence-corrected chi connectivity index (χ2v) is 11.1. The summed E-state index contributed by atoms with van der Waals surface area (Å²) in [5.41, 5.74) is 1.10. The Kier molecular flexibility index (Phi) is 9.24. The molecule has 2 aliphatic carbocycles. The van der Waals surface area contributed by atoms with Gasteiger partial charge in [-0.2, -0.15) is 0 Å². The summed E-state index contributed by atoms with van der Waals surface area (Å²) < 4.78 is 12.2. The number of aliphatic hydroxyl groups is 2. The monoisotopic (exact) mass is 436 g/mol. The molecule has 3 rings (SSSR count). The average molecular weight is 437 g/mol. The van der Waals surface area contributed by atoms with Gasteiger partial charge in [0, 0.05) is 20.5 Å². The standard InChI is InChI=1S/C23H40O4Si2/c24-22-17(11-13-28)3-1-5-20(22)26-15-16-7-9-19(10-8-16)27-21-6-2-4-18(12-14-29)23(21)25/h7-10,17-18,20-25H,1-6,11-15H2,28-29H3. The van der Waals surface area contributed by atoms with Crippen molar-refractivity contribution in [1.29, 1.82) is 0 Å². The highest BCUT2D eigenvalue weighted by Crippen LogP contribution is 2.32. The second-order valence-electron chi connectivity index (χ2n) is 9.09. The fourth-order valence-electron chi connectivity index (χ4n) is 5.18. The van der Waals surface area contributed by atoms with Gasteiger partial charge in [0.2, 0.25) is 0 Å². The summed E-state index contributed by atoms with van der Waals surface area (Å²) in [7, 11) is 2.42. The van der Waals surface area contributed by atoms with E-state index in [9.17, 15) is 10.2 Å². The lowest BCUT2D eigenvalue weighted by Crippen LogP contribution is -2.41. The van der Waals surface area contributed by atoms with Crippen molar-refractivity contribution < 1.29 is 19.7 Å². The Bertz CT molecular complexity index is 593. The van der Waals surface area contributed by atoms with E-state index in [0.717, 1.165) is 62.7 Å². The van der Waals surface area contributed by atoms with Crippen LogP contribution in [0.25, 0.3) is 0 Å². The van der Waals surface area contributed by atoms with Crippen LogP contribution in [0.1, 0.15) is 56.9 Å². The van der Waals surface area contributed by atoms with Crippen LogP contribution < -0.4 is 4.74 Å². The predicted molar refractivity (Wildman–Crippen MR) is 125 cm³/mol. The van der Waals surface area contributed by atoms with Crippen molar-refractivity contribution >= 4 is 20.5 Å². The van der Waals surface area contributed by atoms with E-state index in [-0.39, 0.29) is 24.4 Å². The van der Waals surface area contributed by atoms with E-state index in [2.05, 4.69) is 0 Å². The Labute approximate surface area is 182 Å². The first-order valence-electron chi connectivity index (χ1n) is 11.9. The van der Waals surface area contributed by atoms with E-state index in [0.29, 0.717) is 18.4 Å². The van der Waals surface area contributed by atoms with Gasteiger partial charge in [-0.15, -0.1) is 0 Å². The van der Waals surface area contributed by atoms with Gasteiger partial charge in [-0.05, 0) is 61.6 Å². The molecule has 2 aliphatic rings. The van der Waals surface area contributed by atoms with Gasteiger partial charge in [-0.25, -0.2) is 0 Å². The van der Waals surface area contributed by atoms with E-state index in [1.165, 1.54) is 32.6 Å². The number of aliphatic hydroxyl groups excluding tert-OH is 2. The molecule has 164 valence electrons. The van der Waals surface area contributed by atoms with Crippen molar-refractivity contribution in [2.45, 2.75) is 94.5 Å². The molecule has 0 amide bonds. The molecular weight excluding hydrogens is 396 g/mol. The van der Waals surface area contributed by atoms with Crippen LogP contribution in [0.3, 0.4) is 0 Å². The maximum atomic E-state index is 10.6. The lowest BCUT2D eigenvalue weighted by molar-refractivity contribution is -0.0915. The van der Waals surface area contributed by atoms with Crippen molar-refractivity contribution in [2.24, 2.45) is 11.8 Å². The molecule has 0 aliphatic heterocycles. The minimum atomic E-state index is -0.341. The lowest BCUT2D eigenvalue weighted by Gasteiger charge is -2.35. The van der Waals surface area contributed by atoms with Gasteiger partial charge >= 0.3 is 0 Å². The van der Waals surface area contributed by atoms with Crippen molar-refractivity contribution in [3.8, 4) is 5.75 Å². The summed E-state index contributed by atoms with van der Waals surface area (Å²) in [5.74, 6) is 1.65. The van der Waals surface area contributed by atoms with Crippen LogP contribution in [-0.4, -0.2) is 55.1 Å². The fraction of sp³-hybridized carbons (Fsp3) is 0.739. The Hall–Kier alpha value is -0.666. The molecule has 6 unspecified atom stereocenters. The molecule has 0 bridgehead atoms. The molecule has 6 atom stereocenters. The van der Waals surface area contributed by atoms with Crippen LogP contribution in [0, 0.1) is 11.8 Å². The number of hydrogen-bond acceptors (Lipinski definition) is 4. The molecule has 0 spiro atoms. The van der Waals surface area contributed by atoms with Crippen LogP contribution in [0.2, 0.25) is 12.1 Å². The van der Waals surface area contributed by atoms with E-state index < -0.39 is 0 Å². The van der Waals surface area contributed by atoms with Crippen LogP contribution in [0.5, 0.6) is 5.75 Å². The van der Waals surface area contributed by atoms with Crippen molar-refractivity contribution in [2.75, 3.05) is 0 Å². The molecular formula is C23H40O4Si2. The van der Waals surface area contributed by atoms with Gasteiger partial charge in [0.1, 0.15) is 11.9 Å². The van der Waals surface area contributed by atoms with Gasteiger partial charge in [0.25, 0.3) is 0 Å². The maximum absolute atomic E-state index is 10.6. The summed E-state index contributed by atoms with van der Waals surface area (Å²) in [6.45, 7) is 0.532. The number of benzene rings is 1. The normalized spacial score (nSPS) is 33.0. The second kappa shape index (κ2) is 11.7. The maximum Gasteiger partial charge on any atom is 0.125 e. The minimum absolute atomic E-state index is 0.0335. The zero-order valence-corrected chi connectivity index (χ0v) is 22.3. The molecule has 2 N–H and O–H groups in total. The van der Waals surface area contributed by atoms with E-state index in [1.54, 1.807) is 0 Å². The SMILES string of the molecule is OC1C(CC[SiH3])CCCC1OCc1ccc(OC2CCCC(CC[SiH3])C2O)cc1. The number of hydrogen-bond donors (Lipinski definition) is 2. The highest BCUT2D eigenvalue weighted by molar-refractivity contribution is 6.08. The van der Waals surface area contributed by atoms with Gasteiger partial charge in [0.15, 0.2) is 0 Å². The Balaban J connectivity index is 1.49. The molecule has 0 aromatic heterocycles. The molecule has 1 aromatic rings. The van der Waals surface area contributed by atoms with Crippen LogP contribution in [0.4, 0.5) is 0 Å². The summed E-state index contributed by atoms with van der Waals surface area (Å²) in [6, 6.07) is 10.6. The molecule has 0 saturated heterocycles. The number of ether oxygens (including phenoxy) is 2. The third-order valence-corrected chi connectivity index (χ3v) is 8.00. The summed E-state index contributed by atoms with van der Waals surface area (Å²) in [4.78, 5) is 0. The van der Waals surface area contributed by atoms with E-state index in [4.69, 9.17) is 9.47 Å². The largest absolute Gasteiger partial charge is 0.488 e. The molecule has 2 saturated carbocycles. The average Bonchev–Trinajstić information content (AvgIpc) is 2.73. The van der Waals surface area contributed by atoms with E-state index in [1.807, 2.05) is 24.3 Å². The molecule has 0 heterocycles. The van der Waals surface area contributed by atoms with Crippen LogP contribution in [0.15, 0.2) is 24.3 Å². The summed E-state index contributed by atoms with van der Waals surface area (Å²) in [6.07, 6.45) is 7.98. The van der Waals surface area contributed by atoms with Crippen molar-refractivity contribution in [3.63, 3.8) is 0 Å². The molecule has 6 heteroatoms. The summed E-state index contributed by atoms with van der Waals surface area (Å²) >= 11 is 0. The minimum Gasteiger partial charge on any atom is -0.488 e. The Morgan fingerprint density at radius 3 is 1.93 bits per heavy atom. The van der Waals surface area contributed by atoms with Crippen LogP contribution in [-0.2, 0) is 11.3 Å². The molecule has 2 fully saturated rings.